The quantitative estimate of drug-likeness (QED) is 0.427. The zero-order chi connectivity index (χ0) is 17.8. The van der Waals surface area contributed by atoms with Crippen LogP contribution in [-0.4, -0.2) is 5.92 Å². The van der Waals surface area contributed by atoms with E-state index in [1.807, 2.05) is 0 Å². The normalized spacial score (nSPS) is 26.4. The molecule has 2 atom stereocenters. The minimum Gasteiger partial charge on any atom is -1.00 e. The summed E-state index contributed by atoms with van der Waals surface area (Å²) < 4.78 is 0.998. The van der Waals surface area contributed by atoms with Crippen molar-refractivity contribution in [3.63, 3.8) is 0 Å². The van der Waals surface area contributed by atoms with Gasteiger partial charge in [0.05, 0.1) is 0 Å². The van der Waals surface area contributed by atoms with Crippen LogP contribution in [0.4, 0.5) is 0 Å². The van der Waals surface area contributed by atoms with E-state index in [2.05, 4.69) is 78.0 Å². The van der Waals surface area contributed by atoms with E-state index in [1.54, 1.807) is 11.1 Å². The van der Waals surface area contributed by atoms with Gasteiger partial charge in [-0.3, -0.25) is 0 Å². The third-order valence-corrected chi connectivity index (χ3v) is 36.5. The number of rotatable bonds is 9. The van der Waals surface area contributed by atoms with Gasteiger partial charge in [0.2, 0.25) is 0 Å². The third-order valence-electron chi connectivity index (χ3n) is 6.73. The van der Waals surface area contributed by atoms with Crippen LogP contribution in [0.25, 0.3) is 0 Å². The van der Waals surface area contributed by atoms with Gasteiger partial charge in [0, 0.05) is 0 Å². The average molecular weight is 492 g/mol. The van der Waals surface area contributed by atoms with Crippen LogP contribution in [0.15, 0.2) is 47.6 Å². The molecule has 147 valence electrons. The van der Waals surface area contributed by atoms with Crippen LogP contribution in [0.3, 0.4) is 0 Å². The Kier molecular flexibility index (Phi) is 11.9. The predicted octanol–water partition coefficient (Wildman–Crippen LogP) is 1.33. The summed E-state index contributed by atoms with van der Waals surface area (Å²) >= 11 is -1.82. The zero-order valence-corrected chi connectivity index (χ0v) is 22.7. The zero-order valence-electron chi connectivity index (χ0n) is 17.5. The molecular formula is C22H37Cl2SiZr. The molecule has 0 N–H and O–H groups in total. The molecule has 0 aromatic carbocycles. The van der Waals surface area contributed by atoms with Crippen LogP contribution in [0.1, 0.15) is 67.2 Å². The Morgan fingerprint density at radius 1 is 0.731 bits per heavy atom. The maximum Gasteiger partial charge on any atom is -1.00 e. The van der Waals surface area contributed by atoms with Crippen molar-refractivity contribution in [2.75, 3.05) is 0 Å². The van der Waals surface area contributed by atoms with Gasteiger partial charge in [-0.2, -0.15) is 0 Å². The van der Waals surface area contributed by atoms with Crippen molar-refractivity contribution >= 4 is 5.92 Å². The fraction of sp³-hybridized carbons (Fsp3) is 0.636. The first-order chi connectivity index (χ1) is 11.6. The second-order valence-electron chi connectivity index (χ2n) is 7.39. The Balaban J connectivity index is 0.00000312. The summed E-state index contributed by atoms with van der Waals surface area (Å²) in [4.78, 5) is 0. The number of hydrogen-bond acceptors (Lipinski definition) is 0. The van der Waals surface area contributed by atoms with Crippen LogP contribution in [0, 0.1) is 0 Å². The maximum atomic E-state index is 2.68. The molecule has 0 aromatic heterocycles. The molecule has 4 heteroatoms. The van der Waals surface area contributed by atoms with Crippen LogP contribution >= 0.6 is 0 Å². The van der Waals surface area contributed by atoms with Crippen LogP contribution in [0.5, 0.6) is 0 Å². The fourth-order valence-electron chi connectivity index (χ4n) is 5.45. The Morgan fingerprint density at radius 3 is 1.38 bits per heavy atom. The van der Waals surface area contributed by atoms with Crippen molar-refractivity contribution in [1.82, 2.24) is 0 Å². The molecule has 0 amide bonds. The van der Waals surface area contributed by atoms with E-state index in [0.29, 0.717) is 6.25 Å². The second-order valence-corrected chi connectivity index (χ2v) is 26.3. The van der Waals surface area contributed by atoms with E-state index in [1.165, 1.54) is 37.8 Å². The van der Waals surface area contributed by atoms with Crippen molar-refractivity contribution in [2.24, 2.45) is 0 Å². The molecule has 0 saturated carbocycles. The smallest absolute Gasteiger partial charge is 1.00 e. The predicted molar refractivity (Wildman–Crippen MR) is 109 cm³/mol. The summed E-state index contributed by atoms with van der Waals surface area (Å²) in [5, 5.41) is 0. The molecule has 0 aromatic rings. The fourth-order valence-corrected chi connectivity index (χ4v) is 39.0. The summed E-state index contributed by atoms with van der Waals surface area (Å²) in [6.45, 7) is 14.8. The van der Waals surface area contributed by atoms with Crippen molar-refractivity contribution < 1.29 is 45.7 Å². The molecule has 26 heavy (non-hydrogen) atoms. The molecule has 0 saturated heterocycles. The molecule has 0 aliphatic heterocycles. The van der Waals surface area contributed by atoms with E-state index in [9.17, 15) is 0 Å². The summed E-state index contributed by atoms with van der Waals surface area (Å²) in [5.41, 5.74) is 3.56. The molecule has 2 aliphatic carbocycles. The topological polar surface area (TPSA) is 0 Å². The van der Waals surface area contributed by atoms with E-state index in [0.717, 1.165) is 0 Å². The van der Waals surface area contributed by atoms with Crippen LogP contribution in [-0.2, 0) is 20.9 Å². The van der Waals surface area contributed by atoms with Gasteiger partial charge in [-0.1, -0.05) is 0 Å². The van der Waals surface area contributed by atoms with E-state index >= 15 is 0 Å². The maximum absolute atomic E-state index is 2.68. The number of halogens is 2. The summed E-state index contributed by atoms with van der Waals surface area (Å²) in [6, 6.07) is 3.01. The van der Waals surface area contributed by atoms with E-state index in [4.69, 9.17) is 0 Å². The van der Waals surface area contributed by atoms with Gasteiger partial charge >= 0.3 is 160 Å². The summed E-state index contributed by atoms with van der Waals surface area (Å²) in [5.74, 6) is -0.675. The summed E-state index contributed by atoms with van der Waals surface area (Å²) in [7, 11) is 0. The first kappa shape index (κ1) is 26.6. The molecule has 0 nitrogen and oxygen atoms in total. The molecule has 0 fully saturated rings. The van der Waals surface area contributed by atoms with Gasteiger partial charge in [0.1, 0.15) is 0 Å². The third kappa shape index (κ3) is 4.29. The van der Waals surface area contributed by atoms with E-state index < -0.39 is 26.8 Å². The van der Waals surface area contributed by atoms with Gasteiger partial charge < -0.3 is 24.8 Å². The largest absolute Gasteiger partial charge is 1.00 e. The average Bonchev–Trinajstić information content (AvgIpc) is 3.23. The van der Waals surface area contributed by atoms with Gasteiger partial charge in [-0.05, 0) is 0 Å². The van der Waals surface area contributed by atoms with Crippen molar-refractivity contribution in [3.8, 4) is 0 Å². The Morgan fingerprint density at radius 2 is 1.12 bits per heavy atom. The molecule has 2 rings (SSSR count). The van der Waals surface area contributed by atoms with Gasteiger partial charge in [-0.25, -0.2) is 0 Å². The minimum atomic E-state index is -1.82. The van der Waals surface area contributed by atoms with E-state index in [-0.39, 0.29) is 24.8 Å². The SMILES string of the molecule is CCC1=CC=C[C]1(CC)[Zr+2]([SiH](CC)CC)[C]1(CC)C=CC=C1CC.[Cl-].[Cl-]. The second kappa shape index (κ2) is 11.6. The van der Waals surface area contributed by atoms with Gasteiger partial charge in [-0.15, -0.1) is 0 Å². The molecule has 2 aliphatic rings. The molecule has 0 spiro atoms. The molecular weight excluding hydrogens is 454 g/mol. The minimum absolute atomic E-state index is 0. The van der Waals surface area contributed by atoms with Crippen molar-refractivity contribution in [2.45, 2.75) is 85.6 Å². The first-order valence-corrected chi connectivity index (χ1v) is 19.2. The van der Waals surface area contributed by atoms with Crippen LogP contribution < -0.4 is 24.8 Å². The monoisotopic (exact) mass is 489 g/mol. The first-order valence-electron chi connectivity index (χ1n) is 10.3. The van der Waals surface area contributed by atoms with Gasteiger partial charge in [0.25, 0.3) is 0 Å². The standard InChI is InChI=1S/2C9H13.C4H11Si.2ClH.Zr/c2*1-3-8-6-5-7-9(8)4-2;1-3-5-4-2;;;/h2*5-7H,3-4H2,1-2H3;5H,3-4H2,1-2H3;2*1H;/q;;;;;+2/p-2. The van der Waals surface area contributed by atoms with Gasteiger partial charge in [0.15, 0.2) is 0 Å². The Labute approximate surface area is 183 Å². The molecule has 0 heterocycles. The van der Waals surface area contributed by atoms with Crippen molar-refractivity contribution in [1.29, 1.82) is 0 Å². The molecule has 0 radical (unpaired) electrons. The Hall–Kier alpha value is 0.640. The molecule has 2 unspecified atom stereocenters. The number of allylic oxidation sites excluding steroid dienone is 8. The molecule has 0 bridgehead atoms. The van der Waals surface area contributed by atoms with Crippen molar-refractivity contribution in [3.05, 3.63) is 47.6 Å². The van der Waals surface area contributed by atoms with Crippen LogP contribution in [0.2, 0.25) is 18.3 Å². The number of hydrogen-bond donors (Lipinski definition) is 0. The summed E-state index contributed by atoms with van der Waals surface area (Å²) in [6.07, 6.45) is 20.3. The Bertz CT molecular complexity index is 518.